The number of oxazole rings is 1. The Labute approximate surface area is 210 Å². The van der Waals surface area contributed by atoms with E-state index in [1.165, 1.54) is 25.4 Å². The maximum Gasteiger partial charge on any atom is 0.437 e. The first kappa shape index (κ1) is 26.5. The number of rotatable bonds is 7. The van der Waals surface area contributed by atoms with Crippen molar-refractivity contribution in [2.45, 2.75) is 45.8 Å². The molecule has 0 bridgehead atoms. The number of carboxylic acids is 1. The molecule has 198 valence electrons. The maximum absolute atomic E-state index is 13.7. The molecule has 0 fully saturated rings. The monoisotopic (exact) mass is 520 g/mol. The van der Waals surface area contributed by atoms with Crippen molar-refractivity contribution < 1.29 is 37.0 Å². The van der Waals surface area contributed by atoms with Gasteiger partial charge in [-0.25, -0.2) is 9.78 Å². The Morgan fingerprint density at radius 2 is 1.92 bits per heavy atom. The largest absolute Gasteiger partial charge is 0.493 e. The zero-order valence-electron chi connectivity index (χ0n) is 20.8. The average Bonchev–Trinajstić information content (AvgIpc) is 3.30. The second-order valence-electron chi connectivity index (χ2n) is 9.96. The van der Waals surface area contributed by atoms with Crippen LogP contribution in [-0.4, -0.2) is 41.0 Å². The lowest BCUT2D eigenvalue weighted by Gasteiger charge is -2.39. The van der Waals surface area contributed by atoms with E-state index in [-0.39, 0.29) is 34.9 Å². The minimum Gasteiger partial charge on any atom is -0.493 e. The molecule has 1 atom stereocenters. The van der Waals surface area contributed by atoms with Crippen LogP contribution in [0, 0.1) is 5.41 Å². The number of carbonyl (C=O) groups is 1. The van der Waals surface area contributed by atoms with Gasteiger partial charge < -0.3 is 23.6 Å². The predicted molar refractivity (Wildman–Crippen MR) is 128 cm³/mol. The van der Waals surface area contributed by atoms with Gasteiger partial charge in [-0.2, -0.15) is 13.2 Å². The lowest BCUT2D eigenvalue weighted by Crippen LogP contribution is -2.32. The fraction of sp³-hybridized carbons (Fsp3) is 0.423. The van der Waals surface area contributed by atoms with Crippen LogP contribution in [0.1, 0.15) is 54.8 Å². The van der Waals surface area contributed by atoms with Gasteiger partial charge in [-0.05, 0) is 29.5 Å². The standard InChI is InChI=1S/C26H27F3N2O6/c1-25(2,3)21-9-14-8-20(36-7-5-6-35-4)16(22-23(26(27,28)29)30-13-37-22)10-15(14)18-11-19(32)17(24(33)34)12-31(18)21/h8,10-13,21H,5-7,9H2,1-4H3,(H,33,34)/t21-/m0/s1. The van der Waals surface area contributed by atoms with Crippen LogP contribution < -0.4 is 10.2 Å². The normalized spacial score (nSPS) is 15.3. The van der Waals surface area contributed by atoms with Gasteiger partial charge in [0.2, 0.25) is 0 Å². The lowest BCUT2D eigenvalue weighted by molar-refractivity contribution is -0.140. The molecule has 0 unspecified atom stereocenters. The number of alkyl halides is 3. The maximum atomic E-state index is 13.7. The number of carboxylic acid groups (broad SMARTS) is 1. The highest BCUT2D eigenvalue weighted by atomic mass is 19.4. The Kier molecular flexibility index (Phi) is 6.93. The van der Waals surface area contributed by atoms with E-state index in [2.05, 4.69) is 4.98 Å². The summed E-state index contributed by atoms with van der Waals surface area (Å²) in [5, 5.41) is 9.52. The van der Waals surface area contributed by atoms with Crippen molar-refractivity contribution in [3.8, 4) is 28.3 Å². The van der Waals surface area contributed by atoms with Gasteiger partial charge >= 0.3 is 12.1 Å². The molecule has 11 heteroatoms. The van der Waals surface area contributed by atoms with Crippen molar-refractivity contribution in [1.29, 1.82) is 0 Å². The fourth-order valence-corrected chi connectivity index (χ4v) is 4.56. The van der Waals surface area contributed by atoms with Crippen molar-refractivity contribution >= 4 is 5.97 Å². The third-order valence-electron chi connectivity index (χ3n) is 6.37. The van der Waals surface area contributed by atoms with Crippen LogP contribution in [0.3, 0.4) is 0 Å². The quantitative estimate of drug-likeness (QED) is 0.414. The summed E-state index contributed by atoms with van der Waals surface area (Å²) < 4.78 is 59.0. The van der Waals surface area contributed by atoms with Crippen molar-refractivity contribution in [3.63, 3.8) is 0 Å². The number of hydrogen-bond donors (Lipinski definition) is 1. The van der Waals surface area contributed by atoms with Crippen molar-refractivity contribution in [2.75, 3.05) is 20.3 Å². The minimum absolute atomic E-state index is 0.0245. The van der Waals surface area contributed by atoms with E-state index < -0.39 is 29.0 Å². The van der Waals surface area contributed by atoms with Crippen LogP contribution in [0.15, 0.2) is 40.0 Å². The summed E-state index contributed by atoms with van der Waals surface area (Å²) in [7, 11) is 1.54. The molecule has 0 spiro atoms. The number of pyridine rings is 1. The van der Waals surface area contributed by atoms with E-state index in [0.717, 1.165) is 12.0 Å². The van der Waals surface area contributed by atoms with Crippen LogP contribution in [0.2, 0.25) is 0 Å². The summed E-state index contributed by atoms with van der Waals surface area (Å²) in [4.78, 5) is 27.7. The Hall–Kier alpha value is -3.60. The summed E-state index contributed by atoms with van der Waals surface area (Å²) in [5.74, 6) is -1.68. The first-order valence-electron chi connectivity index (χ1n) is 11.6. The summed E-state index contributed by atoms with van der Waals surface area (Å²) in [6, 6.07) is 4.13. The van der Waals surface area contributed by atoms with E-state index in [4.69, 9.17) is 13.9 Å². The Balaban J connectivity index is 1.96. The van der Waals surface area contributed by atoms with E-state index >= 15 is 0 Å². The first-order valence-corrected chi connectivity index (χ1v) is 11.6. The number of hydrogen-bond acceptors (Lipinski definition) is 6. The molecule has 4 rings (SSSR count). The molecule has 2 aromatic heterocycles. The SMILES string of the molecule is COCCCOc1cc2c(cc1-c1ocnc1C(F)(F)F)-c1cc(=O)c(C(=O)O)cn1[C@H](C(C)(C)C)C2. The van der Waals surface area contributed by atoms with Gasteiger partial charge in [-0.15, -0.1) is 0 Å². The second-order valence-corrected chi connectivity index (χ2v) is 9.96. The van der Waals surface area contributed by atoms with Crippen LogP contribution in [0.4, 0.5) is 13.2 Å². The number of nitrogens with zero attached hydrogens (tertiary/aromatic N) is 2. The number of methoxy groups -OCH3 is 1. The predicted octanol–water partition coefficient (Wildman–Crippen LogP) is 5.45. The topological polar surface area (TPSA) is 104 Å². The number of aromatic nitrogens is 2. The molecule has 1 aliphatic rings. The van der Waals surface area contributed by atoms with Crippen molar-refractivity contribution in [1.82, 2.24) is 9.55 Å². The third kappa shape index (κ3) is 5.13. The van der Waals surface area contributed by atoms with Crippen LogP contribution in [-0.2, 0) is 17.3 Å². The highest BCUT2D eigenvalue weighted by Gasteiger charge is 2.40. The molecule has 3 heterocycles. The molecule has 0 saturated heterocycles. The summed E-state index contributed by atoms with van der Waals surface area (Å²) >= 11 is 0. The summed E-state index contributed by atoms with van der Waals surface area (Å²) in [6.45, 7) is 6.57. The van der Waals surface area contributed by atoms with Gasteiger partial charge in [0.15, 0.2) is 23.3 Å². The zero-order chi connectivity index (χ0) is 27.1. The molecule has 1 aromatic carbocycles. The van der Waals surface area contributed by atoms with E-state index in [9.17, 15) is 27.9 Å². The van der Waals surface area contributed by atoms with Gasteiger partial charge in [-0.1, -0.05) is 20.8 Å². The van der Waals surface area contributed by atoms with Gasteiger partial charge in [0.05, 0.1) is 17.9 Å². The first-order chi connectivity index (χ1) is 17.3. The second kappa shape index (κ2) is 9.70. The molecular weight excluding hydrogens is 493 g/mol. The molecule has 0 saturated carbocycles. The minimum atomic E-state index is -4.77. The van der Waals surface area contributed by atoms with Gasteiger partial charge in [0.1, 0.15) is 11.3 Å². The number of ether oxygens (including phenoxy) is 2. The van der Waals surface area contributed by atoms with Crippen LogP contribution in [0.5, 0.6) is 5.75 Å². The van der Waals surface area contributed by atoms with E-state index in [1.54, 1.807) is 10.6 Å². The van der Waals surface area contributed by atoms with Gasteiger partial charge in [0.25, 0.3) is 0 Å². The van der Waals surface area contributed by atoms with Gasteiger partial charge in [0, 0.05) is 44.0 Å². The number of aromatic carboxylic acids is 1. The zero-order valence-corrected chi connectivity index (χ0v) is 20.8. The van der Waals surface area contributed by atoms with Crippen LogP contribution >= 0.6 is 0 Å². The summed E-state index contributed by atoms with van der Waals surface area (Å²) in [5.41, 5.74) is -0.960. The smallest absolute Gasteiger partial charge is 0.437 e. The highest BCUT2D eigenvalue weighted by Crippen LogP contribution is 2.47. The summed E-state index contributed by atoms with van der Waals surface area (Å²) in [6.07, 6.45) is -1.79. The molecule has 1 N–H and O–H groups in total. The molecule has 3 aromatic rings. The van der Waals surface area contributed by atoms with Gasteiger partial charge in [-0.3, -0.25) is 4.79 Å². The van der Waals surface area contributed by atoms with Crippen molar-refractivity contribution in [3.05, 3.63) is 57.8 Å². The number of fused-ring (bicyclic) bond motifs is 3. The Bertz CT molecular complexity index is 1380. The lowest BCUT2D eigenvalue weighted by atomic mass is 9.78. The van der Waals surface area contributed by atoms with E-state index in [1.807, 2.05) is 20.8 Å². The van der Waals surface area contributed by atoms with E-state index in [0.29, 0.717) is 30.7 Å². The molecule has 0 amide bonds. The molecular formula is C26H27F3N2O6. The molecule has 0 radical (unpaired) electrons. The van der Waals surface area contributed by atoms with Crippen molar-refractivity contribution in [2.24, 2.45) is 5.41 Å². The molecule has 1 aliphatic heterocycles. The molecule has 0 aliphatic carbocycles. The molecule has 37 heavy (non-hydrogen) atoms. The molecule has 8 nitrogen and oxygen atoms in total. The Morgan fingerprint density at radius 1 is 1.19 bits per heavy atom. The third-order valence-corrected chi connectivity index (χ3v) is 6.37. The Morgan fingerprint density at radius 3 is 2.54 bits per heavy atom. The fourth-order valence-electron chi connectivity index (χ4n) is 4.56. The number of benzene rings is 1. The number of halogens is 3. The van der Waals surface area contributed by atoms with Crippen LogP contribution in [0.25, 0.3) is 22.6 Å². The highest BCUT2D eigenvalue weighted by molar-refractivity contribution is 5.88. The average molecular weight is 521 g/mol.